The van der Waals surface area contributed by atoms with E-state index < -0.39 is 24.1 Å². The summed E-state index contributed by atoms with van der Waals surface area (Å²) in [4.78, 5) is 59.3. The van der Waals surface area contributed by atoms with Crippen LogP contribution in [-0.4, -0.2) is 58.7 Å². The third kappa shape index (κ3) is 11.5. The van der Waals surface area contributed by atoms with Crippen LogP contribution in [0.15, 0.2) is 102 Å². The number of pyridine rings is 1. The van der Waals surface area contributed by atoms with Crippen LogP contribution in [0.4, 0.5) is 4.79 Å². The van der Waals surface area contributed by atoms with Gasteiger partial charge in [0.25, 0.3) is 0 Å². The Morgan fingerprint density at radius 3 is 2.17 bits per heavy atom. The molecule has 53 heavy (non-hydrogen) atoms. The lowest BCUT2D eigenvalue weighted by molar-refractivity contribution is -0.138. The van der Waals surface area contributed by atoms with E-state index in [4.69, 9.17) is 9.15 Å². The summed E-state index contributed by atoms with van der Waals surface area (Å²) in [6.45, 7) is 8.07. The van der Waals surface area contributed by atoms with Crippen molar-refractivity contribution in [2.24, 2.45) is 11.8 Å². The van der Waals surface area contributed by atoms with Crippen molar-refractivity contribution in [3.05, 3.63) is 114 Å². The van der Waals surface area contributed by atoms with E-state index in [-0.39, 0.29) is 49.8 Å². The summed E-state index contributed by atoms with van der Waals surface area (Å²) in [7, 11) is 0. The molecule has 278 valence electrons. The maximum Gasteiger partial charge on any atom is 0.408 e. The van der Waals surface area contributed by atoms with Gasteiger partial charge < -0.3 is 30.0 Å². The van der Waals surface area contributed by atoms with Gasteiger partial charge in [-0.3, -0.25) is 19.4 Å². The number of nitrogens with one attached hydrogen (secondary N) is 3. The van der Waals surface area contributed by atoms with Gasteiger partial charge in [0.1, 0.15) is 23.8 Å². The van der Waals surface area contributed by atoms with Crippen molar-refractivity contribution in [1.82, 2.24) is 25.8 Å². The minimum absolute atomic E-state index is 0.0532. The first-order chi connectivity index (χ1) is 25.5. The van der Waals surface area contributed by atoms with Crippen LogP contribution < -0.4 is 16.0 Å². The molecule has 11 nitrogen and oxygen atoms in total. The number of ether oxygens (including phenoxy) is 1. The van der Waals surface area contributed by atoms with E-state index in [9.17, 15) is 19.2 Å². The number of fused-ring (bicyclic) bond motifs is 3. The predicted octanol–water partition coefficient (Wildman–Crippen LogP) is 6.54. The standard InChI is InChI=1S/C42H49N5O6/c1-28(2)20-36(44-23-32-14-15-39-35(22-32)34-12-8-9-13-38(34)53-39)40(49)45-24-33(48)26-47(25-30-16-18-43-19-17-30)41(50)37(21-29(3)4)46-42(51)52-27-31-10-6-5-7-11-31/h5-19,22,28-29,36-37,44H,20-21,23-27H2,1-4H3,(H,45,49)(H,46,51)/t36-,37-/m0/s1. The maximum absolute atomic E-state index is 14.0. The minimum Gasteiger partial charge on any atom is -0.456 e. The minimum atomic E-state index is -0.929. The molecule has 3 aromatic carbocycles. The Labute approximate surface area is 310 Å². The van der Waals surface area contributed by atoms with Gasteiger partial charge in [-0.1, -0.05) is 82.3 Å². The number of benzene rings is 3. The molecule has 3 N–H and O–H groups in total. The van der Waals surface area contributed by atoms with Crippen molar-refractivity contribution in [3.8, 4) is 0 Å². The number of Topliss-reactive ketones (excluding diaryl/α,β-unsaturated/α-hetero) is 1. The Bertz CT molecular complexity index is 1980. The SMILES string of the molecule is CC(C)C[C@H](NCc1ccc2oc3ccccc3c2c1)C(=O)NCC(=O)CN(Cc1ccncc1)C(=O)[C@H](CC(C)C)NC(=O)OCc1ccccc1. The number of nitrogens with zero attached hydrogens (tertiary/aromatic N) is 2. The van der Waals surface area contributed by atoms with Gasteiger partial charge in [0.05, 0.1) is 19.1 Å². The highest BCUT2D eigenvalue weighted by atomic mass is 16.5. The van der Waals surface area contributed by atoms with Crippen LogP contribution in [0.2, 0.25) is 0 Å². The Morgan fingerprint density at radius 2 is 1.43 bits per heavy atom. The number of carbonyl (C=O) groups is 4. The molecule has 0 aliphatic heterocycles. The summed E-state index contributed by atoms with van der Waals surface area (Å²) in [6.07, 6.45) is 3.40. The normalized spacial score (nSPS) is 12.5. The third-order valence-corrected chi connectivity index (χ3v) is 8.79. The molecule has 5 aromatic rings. The molecule has 0 saturated heterocycles. The van der Waals surface area contributed by atoms with Crippen molar-refractivity contribution in [2.75, 3.05) is 13.1 Å². The van der Waals surface area contributed by atoms with Gasteiger partial charge >= 0.3 is 6.09 Å². The van der Waals surface area contributed by atoms with Crippen LogP contribution >= 0.6 is 0 Å². The number of para-hydroxylation sites is 1. The third-order valence-electron chi connectivity index (χ3n) is 8.79. The van der Waals surface area contributed by atoms with Gasteiger partial charge in [-0.25, -0.2) is 4.79 Å². The Morgan fingerprint density at radius 1 is 0.755 bits per heavy atom. The molecule has 0 aliphatic rings. The highest BCUT2D eigenvalue weighted by Gasteiger charge is 2.29. The fraction of sp³-hybridized carbons (Fsp3) is 0.357. The number of carbonyl (C=O) groups excluding carboxylic acids is 4. The van der Waals surface area contributed by atoms with Crippen molar-refractivity contribution in [2.45, 2.75) is 72.3 Å². The summed E-state index contributed by atoms with van der Waals surface area (Å²) in [6, 6.07) is 25.2. The maximum atomic E-state index is 14.0. The van der Waals surface area contributed by atoms with Gasteiger partial charge in [0, 0.05) is 36.3 Å². The second-order valence-electron chi connectivity index (χ2n) is 14.2. The van der Waals surface area contributed by atoms with Crippen molar-refractivity contribution < 1.29 is 28.3 Å². The molecule has 2 aromatic heterocycles. The second-order valence-corrected chi connectivity index (χ2v) is 14.2. The Balaban J connectivity index is 1.22. The quantitative estimate of drug-likeness (QED) is 0.0927. The summed E-state index contributed by atoms with van der Waals surface area (Å²) >= 11 is 0. The van der Waals surface area contributed by atoms with E-state index in [0.717, 1.165) is 38.6 Å². The molecule has 0 fully saturated rings. The van der Waals surface area contributed by atoms with Crippen LogP contribution in [0.5, 0.6) is 0 Å². The molecule has 0 unspecified atom stereocenters. The largest absolute Gasteiger partial charge is 0.456 e. The van der Waals surface area contributed by atoms with Crippen molar-refractivity contribution in [1.29, 1.82) is 0 Å². The molecule has 0 saturated carbocycles. The highest BCUT2D eigenvalue weighted by Crippen LogP contribution is 2.29. The van der Waals surface area contributed by atoms with Crippen LogP contribution in [0.3, 0.4) is 0 Å². The lowest BCUT2D eigenvalue weighted by Gasteiger charge is -2.28. The van der Waals surface area contributed by atoms with E-state index in [1.165, 1.54) is 4.90 Å². The van der Waals surface area contributed by atoms with E-state index in [1.54, 1.807) is 24.5 Å². The van der Waals surface area contributed by atoms with Gasteiger partial charge in [-0.2, -0.15) is 0 Å². The number of ketones is 1. The van der Waals surface area contributed by atoms with Crippen molar-refractivity contribution >= 4 is 45.6 Å². The fourth-order valence-corrected chi connectivity index (χ4v) is 6.20. The zero-order valence-corrected chi connectivity index (χ0v) is 30.8. The van der Waals surface area contributed by atoms with E-state index in [1.807, 2.05) is 94.4 Å². The van der Waals surface area contributed by atoms with Gasteiger partial charge in [0.2, 0.25) is 11.8 Å². The molecule has 5 rings (SSSR count). The summed E-state index contributed by atoms with van der Waals surface area (Å²) < 4.78 is 11.4. The van der Waals surface area contributed by atoms with Gasteiger partial charge in [-0.15, -0.1) is 0 Å². The molecule has 0 bridgehead atoms. The predicted molar refractivity (Wildman–Crippen MR) is 204 cm³/mol. The number of furan rings is 1. The average molecular weight is 720 g/mol. The number of hydrogen-bond acceptors (Lipinski definition) is 8. The highest BCUT2D eigenvalue weighted by molar-refractivity contribution is 6.05. The molecule has 2 atom stereocenters. The summed E-state index contributed by atoms with van der Waals surface area (Å²) in [5.74, 6) is -0.797. The van der Waals surface area contributed by atoms with Crippen LogP contribution in [0, 0.1) is 11.8 Å². The molecule has 11 heteroatoms. The second kappa shape index (κ2) is 18.8. The number of aromatic nitrogens is 1. The lowest BCUT2D eigenvalue weighted by atomic mass is 10.0. The Hall–Kier alpha value is -5.55. The van der Waals surface area contributed by atoms with Crippen LogP contribution in [-0.2, 0) is 38.8 Å². The van der Waals surface area contributed by atoms with E-state index in [2.05, 4.69) is 27.0 Å². The molecule has 0 spiro atoms. The molecule has 0 aliphatic carbocycles. The molecular weight excluding hydrogens is 670 g/mol. The number of alkyl carbamates (subject to hydrolysis) is 1. The average Bonchev–Trinajstić information content (AvgIpc) is 3.52. The van der Waals surface area contributed by atoms with E-state index >= 15 is 0 Å². The first kappa shape index (κ1) is 38.7. The zero-order chi connectivity index (χ0) is 37.7. The molecule has 3 amide bonds. The first-order valence-corrected chi connectivity index (χ1v) is 18.1. The Kier molecular flexibility index (Phi) is 13.7. The fourth-order valence-electron chi connectivity index (χ4n) is 6.20. The molecule has 0 radical (unpaired) electrons. The smallest absolute Gasteiger partial charge is 0.408 e. The van der Waals surface area contributed by atoms with Gasteiger partial charge in [-0.05, 0) is 71.7 Å². The summed E-state index contributed by atoms with van der Waals surface area (Å²) in [5.41, 5.74) is 4.21. The number of amides is 3. The van der Waals surface area contributed by atoms with Crippen LogP contribution in [0.1, 0.15) is 57.2 Å². The first-order valence-electron chi connectivity index (χ1n) is 18.1. The summed E-state index contributed by atoms with van der Waals surface area (Å²) in [5, 5.41) is 11.0. The number of rotatable bonds is 18. The van der Waals surface area contributed by atoms with Crippen LogP contribution in [0.25, 0.3) is 21.9 Å². The van der Waals surface area contributed by atoms with E-state index in [0.29, 0.717) is 19.4 Å². The topological polar surface area (TPSA) is 143 Å². The lowest BCUT2D eigenvalue weighted by Crippen LogP contribution is -2.51. The van der Waals surface area contributed by atoms with Crippen molar-refractivity contribution in [3.63, 3.8) is 0 Å². The molecular formula is C42H49N5O6. The monoisotopic (exact) mass is 719 g/mol. The molecule has 2 heterocycles. The zero-order valence-electron chi connectivity index (χ0n) is 30.8. The van der Waals surface area contributed by atoms with Gasteiger partial charge in [0.15, 0.2) is 5.78 Å². The number of hydrogen-bond donors (Lipinski definition) is 3.